The van der Waals surface area contributed by atoms with Gasteiger partial charge in [-0.05, 0) is 37.5 Å². The van der Waals surface area contributed by atoms with E-state index in [1.54, 1.807) is 12.3 Å². The van der Waals surface area contributed by atoms with E-state index >= 15 is 0 Å². The van der Waals surface area contributed by atoms with Crippen LogP contribution in [0.1, 0.15) is 40.9 Å². The van der Waals surface area contributed by atoms with Crippen LogP contribution >= 0.6 is 11.3 Å². The van der Waals surface area contributed by atoms with Gasteiger partial charge in [-0.15, -0.1) is 11.3 Å². The van der Waals surface area contributed by atoms with E-state index in [4.69, 9.17) is 0 Å². The third-order valence-electron chi connectivity index (χ3n) is 4.11. The van der Waals surface area contributed by atoms with Crippen molar-refractivity contribution >= 4 is 17.2 Å². The summed E-state index contributed by atoms with van der Waals surface area (Å²) in [6.45, 7) is 3.65. The number of nitrogens with zero attached hydrogens (tertiary/aromatic N) is 1. The molecule has 22 heavy (non-hydrogen) atoms. The summed E-state index contributed by atoms with van der Waals surface area (Å²) in [4.78, 5) is 30.4. The van der Waals surface area contributed by atoms with Gasteiger partial charge in [0.25, 0.3) is 5.91 Å². The van der Waals surface area contributed by atoms with Gasteiger partial charge in [0.2, 0.25) is 5.56 Å². The fourth-order valence-electron chi connectivity index (χ4n) is 2.87. The number of hydrogen-bond acceptors (Lipinski definition) is 3. The number of aromatic nitrogens is 1. The zero-order chi connectivity index (χ0) is 15.5. The molecule has 1 aliphatic rings. The van der Waals surface area contributed by atoms with E-state index in [1.807, 2.05) is 24.0 Å². The topological polar surface area (TPSA) is 53.2 Å². The highest BCUT2D eigenvalue weighted by atomic mass is 32.1. The summed E-state index contributed by atoms with van der Waals surface area (Å²) < 4.78 is 0. The Kier molecular flexibility index (Phi) is 4.43. The maximum absolute atomic E-state index is 12.6. The number of aromatic amines is 1. The number of rotatable bonds is 2. The summed E-state index contributed by atoms with van der Waals surface area (Å²) in [6, 6.07) is 5.46. The van der Waals surface area contributed by atoms with E-state index in [9.17, 15) is 9.59 Å². The first-order valence-electron chi connectivity index (χ1n) is 7.74. The highest BCUT2D eigenvalue weighted by Crippen LogP contribution is 2.30. The zero-order valence-corrected chi connectivity index (χ0v) is 13.5. The number of pyridine rings is 1. The van der Waals surface area contributed by atoms with Crippen molar-refractivity contribution in [3.63, 3.8) is 0 Å². The number of hydrogen-bond donors (Lipinski definition) is 1. The van der Waals surface area contributed by atoms with Crippen molar-refractivity contribution in [2.24, 2.45) is 0 Å². The Balaban J connectivity index is 1.83. The molecule has 1 amide bonds. The molecule has 3 rings (SSSR count). The molecule has 0 aromatic carbocycles. The molecule has 0 spiro atoms. The predicted molar refractivity (Wildman–Crippen MR) is 89.5 cm³/mol. The summed E-state index contributed by atoms with van der Waals surface area (Å²) in [7, 11) is 0. The van der Waals surface area contributed by atoms with Crippen molar-refractivity contribution in [2.75, 3.05) is 13.1 Å². The third-order valence-corrected chi connectivity index (χ3v) is 5.21. The van der Waals surface area contributed by atoms with Crippen LogP contribution in [-0.4, -0.2) is 28.9 Å². The summed E-state index contributed by atoms with van der Waals surface area (Å²) in [6.07, 6.45) is 6.36. The lowest BCUT2D eigenvalue weighted by Gasteiger charge is -2.19. The third kappa shape index (κ3) is 3.14. The number of thiophene rings is 1. The fourth-order valence-corrected chi connectivity index (χ4v) is 3.92. The Morgan fingerprint density at radius 1 is 1.18 bits per heavy atom. The lowest BCUT2D eigenvalue weighted by molar-refractivity contribution is 0.0766. The first kappa shape index (κ1) is 15.0. The largest absolute Gasteiger partial charge is 0.338 e. The SMILES string of the molecule is Cc1cc(=O)[nH]cc1-c1ccc(C(=O)N2CCCCCC2)s1. The molecule has 1 aliphatic heterocycles. The maximum atomic E-state index is 12.6. The van der Waals surface area contributed by atoms with Crippen molar-refractivity contribution in [3.05, 3.63) is 45.2 Å². The molecule has 1 saturated heterocycles. The fraction of sp³-hybridized carbons (Fsp3) is 0.412. The molecule has 0 bridgehead atoms. The van der Waals surface area contributed by atoms with E-state index in [-0.39, 0.29) is 11.5 Å². The molecule has 3 heterocycles. The Labute approximate surface area is 133 Å². The number of aryl methyl sites for hydroxylation is 1. The molecule has 0 atom stereocenters. The van der Waals surface area contributed by atoms with Crippen molar-refractivity contribution in [2.45, 2.75) is 32.6 Å². The van der Waals surface area contributed by atoms with Gasteiger partial charge in [0.05, 0.1) is 4.88 Å². The van der Waals surface area contributed by atoms with E-state index in [2.05, 4.69) is 4.98 Å². The summed E-state index contributed by atoms with van der Waals surface area (Å²) in [5, 5.41) is 0. The van der Waals surface area contributed by atoms with Crippen LogP contribution in [0.25, 0.3) is 10.4 Å². The molecule has 5 heteroatoms. The van der Waals surface area contributed by atoms with Crippen LogP contribution in [0.3, 0.4) is 0 Å². The summed E-state index contributed by atoms with van der Waals surface area (Å²) >= 11 is 1.50. The van der Waals surface area contributed by atoms with Gasteiger partial charge < -0.3 is 9.88 Å². The van der Waals surface area contributed by atoms with Crippen molar-refractivity contribution in [1.82, 2.24) is 9.88 Å². The normalized spacial score (nSPS) is 15.6. The number of carbonyl (C=O) groups is 1. The standard InChI is InChI=1S/C17H20N2O2S/c1-12-10-16(20)18-11-13(12)14-6-7-15(22-14)17(21)19-8-4-2-3-5-9-19/h6-7,10-11H,2-5,8-9H2,1H3,(H,18,20). The maximum Gasteiger partial charge on any atom is 0.263 e. The van der Waals surface area contributed by atoms with E-state index < -0.39 is 0 Å². The van der Waals surface area contributed by atoms with E-state index in [1.165, 1.54) is 24.2 Å². The second-order valence-corrected chi connectivity index (χ2v) is 6.85. The highest BCUT2D eigenvalue weighted by Gasteiger charge is 2.19. The number of likely N-dealkylation sites (tertiary alicyclic amines) is 1. The molecule has 4 nitrogen and oxygen atoms in total. The quantitative estimate of drug-likeness (QED) is 0.923. The van der Waals surface area contributed by atoms with Crippen LogP contribution in [0.5, 0.6) is 0 Å². The van der Waals surface area contributed by atoms with Crippen molar-refractivity contribution in [1.29, 1.82) is 0 Å². The van der Waals surface area contributed by atoms with Crippen LogP contribution in [0, 0.1) is 6.92 Å². The molecule has 2 aromatic rings. The van der Waals surface area contributed by atoms with Crippen LogP contribution < -0.4 is 5.56 Å². The molecule has 1 N–H and O–H groups in total. The van der Waals surface area contributed by atoms with Gasteiger partial charge in [-0.2, -0.15) is 0 Å². The van der Waals surface area contributed by atoms with Crippen molar-refractivity contribution in [3.8, 4) is 10.4 Å². The minimum absolute atomic E-state index is 0.0985. The summed E-state index contributed by atoms with van der Waals surface area (Å²) in [5.74, 6) is 0.139. The van der Waals surface area contributed by atoms with Crippen LogP contribution in [0.15, 0.2) is 29.2 Å². The Morgan fingerprint density at radius 3 is 2.59 bits per heavy atom. The first-order chi connectivity index (χ1) is 10.6. The molecular weight excluding hydrogens is 296 g/mol. The van der Waals surface area contributed by atoms with Gasteiger partial charge >= 0.3 is 0 Å². The Bertz CT molecular complexity index is 724. The number of carbonyl (C=O) groups excluding carboxylic acids is 1. The monoisotopic (exact) mass is 316 g/mol. The smallest absolute Gasteiger partial charge is 0.263 e. The molecule has 116 valence electrons. The minimum atomic E-state index is -0.0985. The molecule has 1 fully saturated rings. The molecule has 2 aromatic heterocycles. The van der Waals surface area contributed by atoms with Gasteiger partial charge in [0.15, 0.2) is 0 Å². The first-order valence-corrected chi connectivity index (χ1v) is 8.55. The van der Waals surface area contributed by atoms with Crippen LogP contribution in [-0.2, 0) is 0 Å². The molecule has 0 radical (unpaired) electrons. The number of H-pyrrole nitrogens is 1. The van der Waals surface area contributed by atoms with E-state index in [0.29, 0.717) is 0 Å². The second kappa shape index (κ2) is 6.48. The summed E-state index contributed by atoms with van der Waals surface area (Å²) in [5.41, 5.74) is 1.82. The highest BCUT2D eigenvalue weighted by molar-refractivity contribution is 7.17. The number of amides is 1. The van der Waals surface area contributed by atoms with Gasteiger partial charge in [0.1, 0.15) is 0 Å². The molecule has 0 unspecified atom stereocenters. The second-order valence-electron chi connectivity index (χ2n) is 5.76. The predicted octanol–water partition coefficient (Wildman–Crippen LogP) is 3.43. The molecule has 0 saturated carbocycles. The minimum Gasteiger partial charge on any atom is -0.338 e. The van der Waals surface area contributed by atoms with Gasteiger partial charge in [-0.3, -0.25) is 9.59 Å². The van der Waals surface area contributed by atoms with Crippen LogP contribution in [0.4, 0.5) is 0 Å². The average Bonchev–Trinajstić information content (AvgIpc) is 2.81. The van der Waals surface area contributed by atoms with Crippen LogP contribution in [0.2, 0.25) is 0 Å². The zero-order valence-electron chi connectivity index (χ0n) is 12.7. The van der Waals surface area contributed by atoms with E-state index in [0.717, 1.165) is 46.8 Å². The van der Waals surface area contributed by atoms with Crippen molar-refractivity contribution < 1.29 is 4.79 Å². The Hall–Kier alpha value is -1.88. The van der Waals surface area contributed by atoms with Gasteiger partial charge in [-0.25, -0.2) is 0 Å². The Morgan fingerprint density at radius 2 is 1.91 bits per heavy atom. The number of nitrogens with one attached hydrogen (secondary N) is 1. The van der Waals surface area contributed by atoms with Gasteiger partial charge in [-0.1, -0.05) is 12.8 Å². The molecular formula is C17H20N2O2S. The lowest BCUT2D eigenvalue weighted by atomic mass is 10.1. The average molecular weight is 316 g/mol. The lowest BCUT2D eigenvalue weighted by Crippen LogP contribution is -2.31. The van der Waals surface area contributed by atoms with Gasteiger partial charge in [0, 0.05) is 35.8 Å². The molecule has 0 aliphatic carbocycles.